The molecule has 0 radical (unpaired) electrons. The second kappa shape index (κ2) is 9.41. The highest BCUT2D eigenvalue weighted by atomic mass is 32.2. The first-order valence-electron chi connectivity index (χ1n) is 12.0. The lowest BCUT2D eigenvalue weighted by molar-refractivity contribution is 0.0589. The summed E-state index contributed by atoms with van der Waals surface area (Å²) in [5, 5.41) is 1.61. The van der Waals surface area contributed by atoms with Crippen molar-refractivity contribution in [2.45, 2.75) is 63.1 Å². The third kappa shape index (κ3) is 5.50. The molecular formula is C28H34N2O5S. The Kier molecular flexibility index (Phi) is 6.79. The van der Waals surface area contributed by atoms with E-state index in [9.17, 15) is 13.2 Å². The molecule has 0 aromatic heterocycles. The number of hydrogen-bond acceptors (Lipinski definition) is 5. The predicted molar refractivity (Wildman–Crippen MR) is 142 cm³/mol. The molecule has 3 aromatic rings. The molecule has 192 valence electrons. The molecule has 1 saturated carbocycles. The van der Waals surface area contributed by atoms with Gasteiger partial charge in [0.15, 0.2) is 0 Å². The van der Waals surface area contributed by atoms with E-state index in [4.69, 9.17) is 9.47 Å². The van der Waals surface area contributed by atoms with E-state index in [0.29, 0.717) is 5.69 Å². The van der Waals surface area contributed by atoms with Crippen molar-refractivity contribution in [1.82, 2.24) is 4.31 Å². The minimum Gasteiger partial charge on any atom is -0.497 e. The number of methoxy groups -OCH3 is 1. The zero-order chi connectivity index (χ0) is 26.3. The average Bonchev–Trinajstić information content (AvgIpc) is 3.58. The van der Waals surface area contributed by atoms with Crippen molar-refractivity contribution in [3.05, 3.63) is 66.2 Å². The summed E-state index contributed by atoms with van der Waals surface area (Å²) in [5.74, 6) is 0.729. The highest BCUT2D eigenvalue weighted by molar-refractivity contribution is 7.89. The van der Waals surface area contributed by atoms with Gasteiger partial charge in [-0.25, -0.2) is 13.2 Å². The standard InChI is InChI=1S/C28H34N2O5S/c1-27(2,3)35-26(31)29(5)23-11-9-21-10-14-25(18-22(21)17-23)36(32,33)30(28(4)15-16-28)19-20-7-12-24(34-6)13-8-20/h7-14,17-18H,15-16,19H2,1-6H3. The van der Waals surface area contributed by atoms with Gasteiger partial charge in [-0.1, -0.05) is 24.3 Å². The number of sulfonamides is 1. The third-order valence-corrected chi connectivity index (χ3v) is 8.50. The molecule has 0 aliphatic heterocycles. The fraction of sp³-hybridized carbons (Fsp3) is 0.393. The van der Waals surface area contributed by atoms with Gasteiger partial charge in [0.25, 0.3) is 0 Å². The summed E-state index contributed by atoms with van der Waals surface area (Å²) in [5.41, 5.74) is 0.493. The van der Waals surface area contributed by atoms with E-state index in [1.165, 1.54) is 4.90 Å². The summed E-state index contributed by atoms with van der Waals surface area (Å²) >= 11 is 0. The van der Waals surface area contributed by atoms with E-state index in [1.54, 1.807) is 36.7 Å². The molecule has 3 aromatic carbocycles. The number of anilines is 1. The van der Waals surface area contributed by atoms with E-state index in [1.807, 2.05) is 70.2 Å². The topological polar surface area (TPSA) is 76.2 Å². The van der Waals surface area contributed by atoms with Crippen LogP contribution in [0.4, 0.5) is 10.5 Å². The molecule has 7 nitrogen and oxygen atoms in total. The van der Waals surface area contributed by atoms with Crippen molar-refractivity contribution in [1.29, 1.82) is 0 Å². The van der Waals surface area contributed by atoms with Crippen molar-refractivity contribution >= 4 is 32.6 Å². The van der Waals surface area contributed by atoms with Crippen LogP contribution in [-0.4, -0.2) is 44.1 Å². The van der Waals surface area contributed by atoms with Crippen LogP contribution in [0.2, 0.25) is 0 Å². The summed E-state index contributed by atoms with van der Waals surface area (Å²) < 4.78 is 40.1. The fourth-order valence-electron chi connectivity index (χ4n) is 4.04. The highest BCUT2D eigenvalue weighted by Crippen LogP contribution is 2.45. The SMILES string of the molecule is COc1ccc(CN(C2(C)CC2)S(=O)(=O)c2ccc3ccc(N(C)C(=O)OC(C)(C)C)cc3c2)cc1. The van der Waals surface area contributed by atoms with E-state index in [-0.39, 0.29) is 11.4 Å². The lowest BCUT2D eigenvalue weighted by atomic mass is 10.1. The van der Waals surface area contributed by atoms with Gasteiger partial charge in [-0.2, -0.15) is 4.31 Å². The minimum atomic E-state index is -3.78. The van der Waals surface area contributed by atoms with Gasteiger partial charge >= 0.3 is 6.09 Å². The maximum absolute atomic E-state index is 13.9. The van der Waals surface area contributed by atoms with Crippen LogP contribution in [0.3, 0.4) is 0 Å². The Morgan fingerprint density at radius 2 is 1.61 bits per heavy atom. The Morgan fingerprint density at radius 3 is 2.19 bits per heavy atom. The maximum Gasteiger partial charge on any atom is 0.414 e. The smallest absolute Gasteiger partial charge is 0.414 e. The molecule has 8 heteroatoms. The first-order chi connectivity index (χ1) is 16.8. The van der Waals surface area contributed by atoms with Crippen LogP contribution in [-0.2, 0) is 21.3 Å². The Bertz CT molecular complexity index is 1370. The Balaban J connectivity index is 1.66. The molecule has 0 unspecified atom stereocenters. The molecule has 1 aliphatic carbocycles. The summed E-state index contributed by atoms with van der Waals surface area (Å²) in [7, 11) is -0.534. The molecule has 0 heterocycles. The van der Waals surface area contributed by atoms with Crippen molar-refractivity contribution in [2.75, 3.05) is 19.1 Å². The van der Waals surface area contributed by atoms with Gasteiger partial charge in [0.2, 0.25) is 10.0 Å². The van der Waals surface area contributed by atoms with Crippen LogP contribution < -0.4 is 9.64 Å². The molecule has 1 amide bonds. The summed E-state index contributed by atoms with van der Waals surface area (Å²) in [6, 6.07) is 18.1. The number of nitrogens with zero attached hydrogens (tertiary/aromatic N) is 2. The second-order valence-electron chi connectivity index (χ2n) is 10.6. The van der Waals surface area contributed by atoms with Gasteiger partial charge in [-0.15, -0.1) is 0 Å². The molecule has 1 fully saturated rings. The largest absolute Gasteiger partial charge is 0.497 e. The van der Waals surface area contributed by atoms with Gasteiger partial charge in [-0.3, -0.25) is 4.90 Å². The van der Waals surface area contributed by atoms with Crippen LogP contribution in [0.5, 0.6) is 5.75 Å². The van der Waals surface area contributed by atoms with E-state index in [2.05, 4.69) is 0 Å². The molecule has 0 N–H and O–H groups in total. The molecule has 4 rings (SSSR count). The number of ether oxygens (including phenoxy) is 2. The number of benzene rings is 3. The number of carbonyl (C=O) groups excluding carboxylic acids is 1. The minimum absolute atomic E-state index is 0.230. The first-order valence-corrected chi connectivity index (χ1v) is 13.4. The molecule has 36 heavy (non-hydrogen) atoms. The van der Waals surface area contributed by atoms with Gasteiger partial charge in [0.05, 0.1) is 12.0 Å². The molecule has 0 bridgehead atoms. The van der Waals surface area contributed by atoms with Gasteiger partial charge < -0.3 is 9.47 Å². The Labute approximate surface area is 213 Å². The van der Waals surface area contributed by atoms with Crippen molar-refractivity contribution in [3.8, 4) is 5.75 Å². The van der Waals surface area contributed by atoms with Crippen molar-refractivity contribution in [3.63, 3.8) is 0 Å². The summed E-state index contributed by atoms with van der Waals surface area (Å²) in [6.07, 6.45) is 1.17. The number of rotatable bonds is 7. The zero-order valence-corrected chi connectivity index (χ0v) is 22.6. The van der Waals surface area contributed by atoms with Gasteiger partial charge in [-0.05, 0) is 93.3 Å². The van der Waals surface area contributed by atoms with Crippen molar-refractivity contribution in [2.24, 2.45) is 0 Å². The van der Waals surface area contributed by atoms with Gasteiger partial charge in [0.1, 0.15) is 11.4 Å². The normalized spacial score (nSPS) is 15.1. The number of carbonyl (C=O) groups is 1. The zero-order valence-electron chi connectivity index (χ0n) is 21.7. The third-order valence-electron chi connectivity index (χ3n) is 6.50. The quantitative estimate of drug-likeness (QED) is 0.392. The van der Waals surface area contributed by atoms with E-state index < -0.39 is 27.3 Å². The number of amides is 1. The number of fused-ring (bicyclic) bond motifs is 1. The van der Waals surface area contributed by atoms with Crippen LogP contribution in [0.1, 0.15) is 46.1 Å². The van der Waals surface area contributed by atoms with Crippen LogP contribution in [0.25, 0.3) is 10.8 Å². The average molecular weight is 511 g/mol. The monoisotopic (exact) mass is 510 g/mol. The Hall–Kier alpha value is -3.10. The summed E-state index contributed by atoms with van der Waals surface area (Å²) in [6.45, 7) is 7.71. The molecule has 1 aliphatic rings. The number of hydrogen-bond donors (Lipinski definition) is 0. The predicted octanol–water partition coefficient (Wildman–Crippen LogP) is 5.96. The van der Waals surface area contributed by atoms with Crippen molar-refractivity contribution < 1.29 is 22.7 Å². The van der Waals surface area contributed by atoms with E-state index >= 15 is 0 Å². The highest BCUT2D eigenvalue weighted by Gasteiger charge is 2.49. The Morgan fingerprint density at radius 1 is 0.972 bits per heavy atom. The first kappa shape index (κ1) is 26.0. The van der Waals surface area contributed by atoms with E-state index in [0.717, 1.165) is 34.9 Å². The second-order valence-corrected chi connectivity index (χ2v) is 12.5. The summed E-state index contributed by atoms with van der Waals surface area (Å²) in [4.78, 5) is 14.2. The van der Waals surface area contributed by atoms with Crippen LogP contribution >= 0.6 is 0 Å². The van der Waals surface area contributed by atoms with Crippen LogP contribution in [0.15, 0.2) is 65.6 Å². The van der Waals surface area contributed by atoms with Crippen LogP contribution in [0, 0.1) is 0 Å². The molecule has 0 spiro atoms. The fourth-order valence-corrected chi connectivity index (χ4v) is 5.89. The lowest BCUT2D eigenvalue weighted by Crippen LogP contribution is -2.39. The molecule has 0 saturated heterocycles. The van der Waals surface area contributed by atoms with Gasteiger partial charge in [0, 0.05) is 24.8 Å². The lowest BCUT2D eigenvalue weighted by Gasteiger charge is -2.29. The maximum atomic E-state index is 13.9. The molecular weight excluding hydrogens is 476 g/mol. The molecule has 0 atom stereocenters.